The SMILES string of the molecule is CSc1ccc(-c2nc(C(F)(F)F)nc(C3=CC=CCC3C)c2-c2ccccc2)cc1. The molecule has 0 bridgehead atoms. The van der Waals surface area contributed by atoms with Crippen molar-refractivity contribution in [2.24, 2.45) is 5.92 Å². The highest BCUT2D eigenvalue weighted by Crippen LogP contribution is 2.42. The van der Waals surface area contributed by atoms with Crippen LogP contribution in [0.25, 0.3) is 28.0 Å². The molecule has 1 aliphatic rings. The van der Waals surface area contributed by atoms with E-state index in [2.05, 4.69) is 9.97 Å². The van der Waals surface area contributed by atoms with Crippen molar-refractivity contribution in [3.63, 3.8) is 0 Å². The van der Waals surface area contributed by atoms with Gasteiger partial charge in [0.1, 0.15) is 0 Å². The molecule has 4 rings (SSSR count). The Morgan fingerprint density at radius 3 is 2.19 bits per heavy atom. The number of allylic oxidation sites excluding steroid dienone is 4. The quantitative estimate of drug-likeness (QED) is 0.394. The van der Waals surface area contributed by atoms with Gasteiger partial charge in [-0.2, -0.15) is 13.2 Å². The smallest absolute Gasteiger partial charge is 0.224 e. The Kier molecular flexibility index (Phi) is 6.01. The summed E-state index contributed by atoms with van der Waals surface area (Å²) >= 11 is 1.58. The van der Waals surface area contributed by atoms with Crippen molar-refractivity contribution in [1.82, 2.24) is 9.97 Å². The third kappa shape index (κ3) is 4.44. The van der Waals surface area contributed by atoms with Crippen molar-refractivity contribution in [2.75, 3.05) is 6.26 Å². The van der Waals surface area contributed by atoms with Crippen molar-refractivity contribution in [1.29, 1.82) is 0 Å². The van der Waals surface area contributed by atoms with Gasteiger partial charge >= 0.3 is 6.18 Å². The molecule has 31 heavy (non-hydrogen) atoms. The Labute approximate surface area is 184 Å². The normalized spacial score (nSPS) is 16.3. The average Bonchev–Trinajstić information content (AvgIpc) is 2.78. The second-order valence-electron chi connectivity index (χ2n) is 7.40. The van der Waals surface area contributed by atoms with Gasteiger partial charge in [-0.05, 0) is 41.9 Å². The summed E-state index contributed by atoms with van der Waals surface area (Å²) in [7, 11) is 0. The molecule has 0 amide bonds. The molecule has 0 radical (unpaired) electrons. The first-order chi connectivity index (χ1) is 14.9. The second-order valence-corrected chi connectivity index (χ2v) is 8.28. The fourth-order valence-electron chi connectivity index (χ4n) is 3.69. The topological polar surface area (TPSA) is 25.8 Å². The highest BCUT2D eigenvalue weighted by atomic mass is 32.2. The van der Waals surface area contributed by atoms with E-state index in [1.807, 2.05) is 86.0 Å². The van der Waals surface area contributed by atoms with E-state index in [0.29, 0.717) is 22.5 Å². The molecule has 1 aromatic heterocycles. The van der Waals surface area contributed by atoms with Crippen LogP contribution in [0.1, 0.15) is 24.9 Å². The fourth-order valence-corrected chi connectivity index (χ4v) is 4.10. The molecule has 6 heteroatoms. The van der Waals surface area contributed by atoms with Crippen LogP contribution in [0.5, 0.6) is 0 Å². The Morgan fingerprint density at radius 1 is 0.903 bits per heavy atom. The predicted octanol–water partition coefficient (Wildman–Crippen LogP) is 7.53. The molecule has 1 aliphatic carbocycles. The van der Waals surface area contributed by atoms with Crippen molar-refractivity contribution in [2.45, 2.75) is 24.4 Å². The summed E-state index contributed by atoms with van der Waals surface area (Å²) in [4.78, 5) is 9.14. The molecule has 0 aliphatic heterocycles. The van der Waals surface area contributed by atoms with Crippen molar-refractivity contribution in [3.8, 4) is 22.4 Å². The highest BCUT2D eigenvalue weighted by molar-refractivity contribution is 7.98. The second kappa shape index (κ2) is 8.71. The maximum absolute atomic E-state index is 13.8. The van der Waals surface area contributed by atoms with Crippen molar-refractivity contribution >= 4 is 17.3 Å². The minimum absolute atomic E-state index is 0.0511. The number of hydrogen-bond donors (Lipinski definition) is 0. The van der Waals surface area contributed by atoms with Crippen LogP contribution in [0.4, 0.5) is 13.2 Å². The molecule has 0 spiro atoms. The molecule has 2 aromatic carbocycles. The van der Waals surface area contributed by atoms with Gasteiger partial charge in [0.2, 0.25) is 5.82 Å². The van der Waals surface area contributed by atoms with Gasteiger partial charge in [0.15, 0.2) is 0 Å². The van der Waals surface area contributed by atoms with E-state index >= 15 is 0 Å². The number of alkyl halides is 3. The van der Waals surface area contributed by atoms with Gasteiger partial charge in [0, 0.05) is 16.0 Å². The molecular formula is C25H21F3N2S. The lowest BCUT2D eigenvalue weighted by Crippen LogP contribution is -2.16. The first-order valence-electron chi connectivity index (χ1n) is 9.94. The predicted molar refractivity (Wildman–Crippen MR) is 121 cm³/mol. The minimum atomic E-state index is -4.65. The molecule has 0 saturated carbocycles. The number of rotatable bonds is 4. The lowest BCUT2D eigenvalue weighted by Gasteiger charge is -2.23. The zero-order chi connectivity index (χ0) is 22.0. The zero-order valence-electron chi connectivity index (χ0n) is 17.1. The monoisotopic (exact) mass is 438 g/mol. The number of halogens is 3. The Bertz CT molecular complexity index is 1130. The van der Waals surface area contributed by atoms with Gasteiger partial charge in [-0.1, -0.05) is 67.6 Å². The summed E-state index contributed by atoms with van der Waals surface area (Å²) in [6.07, 6.45) is 3.83. The van der Waals surface area contributed by atoms with Crippen LogP contribution < -0.4 is 0 Å². The van der Waals surface area contributed by atoms with Crippen molar-refractivity contribution < 1.29 is 13.2 Å². The summed E-state index contributed by atoms with van der Waals surface area (Å²) in [6, 6.07) is 16.8. The molecule has 3 aromatic rings. The lowest BCUT2D eigenvalue weighted by molar-refractivity contribution is -0.144. The van der Waals surface area contributed by atoms with Crippen LogP contribution in [0, 0.1) is 5.92 Å². The third-order valence-electron chi connectivity index (χ3n) is 5.29. The molecule has 2 nitrogen and oxygen atoms in total. The number of nitrogens with zero attached hydrogens (tertiary/aromatic N) is 2. The first-order valence-corrected chi connectivity index (χ1v) is 11.2. The third-order valence-corrected chi connectivity index (χ3v) is 6.04. The number of benzene rings is 2. The molecule has 0 fully saturated rings. The molecule has 1 heterocycles. The van der Waals surface area contributed by atoms with Gasteiger partial charge in [0.25, 0.3) is 0 Å². The van der Waals surface area contributed by atoms with E-state index in [9.17, 15) is 13.2 Å². The fraction of sp³-hybridized carbons (Fsp3) is 0.200. The average molecular weight is 439 g/mol. The van der Waals surface area contributed by atoms with Crippen LogP contribution in [0.2, 0.25) is 0 Å². The maximum Gasteiger partial charge on any atom is 0.451 e. The maximum atomic E-state index is 13.8. The Balaban J connectivity index is 2.07. The summed E-state index contributed by atoms with van der Waals surface area (Å²) < 4.78 is 41.5. The summed E-state index contributed by atoms with van der Waals surface area (Å²) in [5, 5.41) is 0. The molecule has 0 N–H and O–H groups in total. The first kappa shape index (κ1) is 21.4. The van der Waals surface area contributed by atoms with Gasteiger partial charge in [-0.25, -0.2) is 9.97 Å². The number of hydrogen-bond acceptors (Lipinski definition) is 3. The lowest BCUT2D eigenvalue weighted by atomic mass is 9.86. The Hall–Kier alpha value is -2.86. The highest BCUT2D eigenvalue weighted by Gasteiger charge is 2.37. The van der Waals surface area contributed by atoms with Crippen LogP contribution in [0.15, 0.2) is 77.7 Å². The molecule has 1 atom stereocenters. The van der Waals surface area contributed by atoms with Gasteiger partial charge in [-0.3, -0.25) is 0 Å². The van der Waals surface area contributed by atoms with Crippen LogP contribution >= 0.6 is 11.8 Å². The molecular weight excluding hydrogens is 417 g/mol. The number of aromatic nitrogens is 2. The summed E-state index contributed by atoms with van der Waals surface area (Å²) in [5.41, 5.74) is 3.46. The van der Waals surface area contributed by atoms with E-state index in [4.69, 9.17) is 0 Å². The van der Waals surface area contributed by atoms with E-state index in [-0.39, 0.29) is 5.92 Å². The summed E-state index contributed by atoms with van der Waals surface area (Å²) in [6.45, 7) is 2.01. The number of thioether (sulfide) groups is 1. The Morgan fingerprint density at radius 2 is 1.58 bits per heavy atom. The molecule has 1 unspecified atom stereocenters. The summed E-state index contributed by atoms with van der Waals surface area (Å²) in [5.74, 6) is -1.07. The van der Waals surface area contributed by atoms with Crippen LogP contribution in [-0.2, 0) is 6.18 Å². The van der Waals surface area contributed by atoms with Crippen LogP contribution in [0.3, 0.4) is 0 Å². The van der Waals surface area contributed by atoms with Crippen molar-refractivity contribution in [3.05, 3.63) is 84.3 Å². The van der Waals surface area contributed by atoms with Gasteiger partial charge < -0.3 is 0 Å². The van der Waals surface area contributed by atoms with E-state index < -0.39 is 12.0 Å². The largest absolute Gasteiger partial charge is 0.451 e. The van der Waals surface area contributed by atoms with Gasteiger partial charge in [-0.15, -0.1) is 11.8 Å². The standard InChI is InChI=1S/C25H21F3N2S/c1-16-8-6-7-11-20(16)23-21(17-9-4-3-5-10-17)22(29-24(30-23)25(26,27)28)18-12-14-19(31-2)15-13-18/h3-7,9-16H,8H2,1-2H3. The van der Waals surface area contributed by atoms with Crippen LogP contribution in [-0.4, -0.2) is 16.2 Å². The van der Waals surface area contributed by atoms with E-state index in [1.165, 1.54) is 0 Å². The van der Waals surface area contributed by atoms with E-state index in [0.717, 1.165) is 22.5 Å². The van der Waals surface area contributed by atoms with E-state index in [1.54, 1.807) is 11.8 Å². The minimum Gasteiger partial charge on any atom is -0.224 e. The molecule has 0 saturated heterocycles. The van der Waals surface area contributed by atoms with Gasteiger partial charge in [0.05, 0.1) is 11.4 Å². The molecule has 158 valence electrons. The zero-order valence-corrected chi connectivity index (χ0v) is 18.0.